The quantitative estimate of drug-likeness (QED) is 0.750. The summed E-state index contributed by atoms with van der Waals surface area (Å²) in [5.74, 6) is 0.519. The Morgan fingerprint density at radius 3 is 2.89 bits per heavy atom. The van der Waals surface area contributed by atoms with Crippen molar-refractivity contribution in [2.75, 3.05) is 0 Å². The van der Waals surface area contributed by atoms with Crippen LogP contribution in [0.1, 0.15) is 5.69 Å². The molecule has 1 N–H and O–H groups in total. The molecule has 0 saturated heterocycles. The summed E-state index contributed by atoms with van der Waals surface area (Å²) in [4.78, 5) is 18.8. The minimum absolute atomic E-state index is 0.192. The third-order valence-corrected chi connectivity index (χ3v) is 3.70. The van der Waals surface area contributed by atoms with Crippen LogP contribution in [0.4, 0.5) is 0 Å². The van der Waals surface area contributed by atoms with Crippen molar-refractivity contribution >= 4 is 26.9 Å². The van der Waals surface area contributed by atoms with Crippen LogP contribution in [0.15, 0.2) is 44.2 Å². The first-order chi connectivity index (χ1) is 8.66. The lowest BCUT2D eigenvalue weighted by Gasteiger charge is -2.01. The van der Waals surface area contributed by atoms with E-state index >= 15 is 0 Å². The lowest BCUT2D eigenvalue weighted by atomic mass is 10.1. The molecule has 3 aromatic rings. The molecule has 0 saturated carbocycles. The Morgan fingerprint density at radius 1 is 1.33 bits per heavy atom. The van der Waals surface area contributed by atoms with Crippen LogP contribution in [-0.4, -0.2) is 9.97 Å². The summed E-state index contributed by atoms with van der Waals surface area (Å²) in [5, 5.41) is 0.933. The van der Waals surface area contributed by atoms with Crippen LogP contribution in [-0.2, 0) is 0 Å². The molecule has 0 atom stereocenters. The van der Waals surface area contributed by atoms with Gasteiger partial charge in [-0.15, -0.1) is 0 Å². The number of furan rings is 1. The number of para-hydroxylation sites is 1. The zero-order valence-corrected chi connectivity index (χ0v) is 11.1. The summed E-state index contributed by atoms with van der Waals surface area (Å²) >= 11 is 3.20. The molecular formula is C13H9BrN2O2. The Balaban J connectivity index is 2.30. The lowest BCUT2D eigenvalue weighted by Crippen LogP contribution is -2.11. The average molecular weight is 305 g/mol. The Morgan fingerprint density at radius 2 is 2.11 bits per heavy atom. The van der Waals surface area contributed by atoms with E-state index < -0.39 is 0 Å². The molecule has 0 amide bonds. The largest absolute Gasteiger partial charge is 0.464 e. The van der Waals surface area contributed by atoms with Gasteiger partial charge in [0.05, 0.1) is 11.3 Å². The zero-order valence-electron chi connectivity index (χ0n) is 9.53. The van der Waals surface area contributed by atoms with Crippen molar-refractivity contribution in [2.45, 2.75) is 6.92 Å². The maximum absolute atomic E-state index is 11.7. The van der Waals surface area contributed by atoms with Gasteiger partial charge < -0.3 is 9.40 Å². The Hall–Kier alpha value is -1.88. The number of rotatable bonds is 1. The van der Waals surface area contributed by atoms with Crippen molar-refractivity contribution in [2.24, 2.45) is 0 Å². The molecule has 0 bridgehead atoms. The monoisotopic (exact) mass is 304 g/mol. The van der Waals surface area contributed by atoms with E-state index in [0.29, 0.717) is 16.0 Å². The van der Waals surface area contributed by atoms with Crippen LogP contribution in [0.2, 0.25) is 0 Å². The van der Waals surface area contributed by atoms with Gasteiger partial charge in [0.25, 0.3) is 5.56 Å². The molecule has 0 spiro atoms. The van der Waals surface area contributed by atoms with Gasteiger partial charge in [0.15, 0.2) is 0 Å². The van der Waals surface area contributed by atoms with Crippen LogP contribution >= 0.6 is 15.9 Å². The highest BCUT2D eigenvalue weighted by atomic mass is 79.9. The third kappa shape index (κ3) is 1.67. The molecule has 18 heavy (non-hydrogen) atoms. The number of hydrogen-bond donors (Lipinski definition) is 1. The predicted molar refractivity (Wildman–Crippen MR) is 72.5 cm³/mol. The maximum atomic E-state index is 11.7. The van der Waals surface area contributed by atoms with Crippen molar-refractivity contribution in [3.05, 3.63) is 51.0 Å². The summed E-state index contributed by atoms with van der Waals surface area (Å²) in [6.07, 6.45) is 1.61. The first-order valence-corrected chi connectivity index (χ1v) is 6.19. The van der Waals surface area contributed by atoms with Gasteiger partial charge in [-0.05, 0) is 28.9 Å². The second kappa shape index (κ2) is 4.10. The third-order valence-electron chi connectivity index (χ3n) is 2.76. The van der Waals surface area contributed by atoms with Gasteiger partial charge in [-0.1, -0.05) is 18.2 Å². The first kappa shape index (κ1) is 11.2. The second-order valence-corrected chi connectivity index (χ2v) is 4.75. The summed E-state index contributed by atoms with van der Waals surface area (Å²) in [6, 6.07) is 7.64. The van der Waals surface area contributed by atoms with Crippen LogP contribution < -0.4 is 5.56 Å². The highest BCUT2D eigenvalue weighted by Gasteiger charge is 2.12. The molecule has 90 valence electrons. The number of aromatic amines is 1. The van der Waals surface area contributed by atoms with Crippen molar-refractivity contribution in [1.29, 1.82) is 0 Å². The molecule has 0 aliphatic rings. The summed E-state index contributed by atoms with van der Waals surface area (Å²) in [6.45, 7) is 1.78. The highest BCUT2D eigenvalue weighted by molar-refractivity contribution is 9.10. The second-order valence-electron chi connectivity index (χ2n) is 3.96. The minimum atomic E-state index is -0.192. The molecule has 0 unspecified atom stereocenters. The van der Waals surface area contributed by atoms with Gasteiger partial charge in [-0.3, -0.25) is 4.79 Å². The Labute approximate surface area is 111 Å². The lowest BCUT2D eigenvalue weighted by molar-refractivity contribution is 0.616. The average Bonchev–Trinajstić information content (AvgIpc) is 2.79. The van der Waals surface area contributed by atoms with Gasteiger partial charge >= 0.3 is 0 Å². The molecule has 2 heterocycles. The highest BCUT2D eigenvalue weighted by Crippen LogP contribution is 2.28. The first-order valence-electron chi connectivity index (χ1n) is 5.40. The topological polar surface area (TPSA) is 58.9 Å². The SMILES string of the molecule is Cc1nc(-c2coc3ccccc23)[nH]c(=O)c1Br. The van der Waals surface area contributed by atoms with Crippen LogP contribution in [0.25, 0.3) is 22.4 Å². The van der Waals surface area contributed by atoms with Gasteiger partial charge in [-0.25, -0.2) is 4.98 Å². The molecule has 5 heteroatoms. The number of nitrogens with one attached hydrogen (secondary N) is 1. The molecule has 4 nitrogen and oxygen atoms in total. The number of aromatic nitrogens is 2. The van der Waals surface area contributed by atoms with E-state index in [1.54, 1.807) is 13.2 Å². The Kier molecular flexibility index (Phi) is 2.56. The zero-order chi connectivity index (χ0) is 12.7. The van der Waals surface area contributed by atoms with Crippen molar-refractivity contribution in [3.63, 3.8) is 0 Å². The van der Waals surface area contributed by atoms with E-state index in [4.69, 9.17) is 4.42 Å². The van der Waals surface area contributed by atoms with Crippen molar-refractivity contribution < 1.29 is 4.42 Å². The smallest absolute Gasteiger partial charge is 0.265 e. The molecule has 0 aliphatic heterocycles. The number of benzene rings is 1. The van der Waals surface area contributed by atoms with E-state index in [-0.39, 0.29) is 5.56 Å². The Bertz CT molecular complexity index is 789. The van der Waals surface area contributed by atoms with E-state index in [0.717, 1.165) is 16.5 Å². The number of hydrogen-bond acceptors (Lipinski definition) is 3. The normalized spacial score (nSPS) is 11.0. The van der Waals surface area contributed by atoms with Gasteiger partial charge in [-0.2, -0.15) is 0 Å². The standard InChI is InChI=1S/C13H9BrN2O2/c1-7-11(14)13(17)16-12(15-7)9-6-18-10-5-3-2-4-8(9)10/h2-6H,1H3,(H,15,16,17). The molecular weight excluding hydrogens is 296 g/mol. The van der Waals surface area contributed by atoms with Crippen LogP contribution in [0.5, 0.6) is 0 Å². The van der Waals surface area contributed by atoms with E-state index in [9.17, 15) is 4.79 Å². The van der Waals surface area contributed by atoms with Crippen LogP contribution in [0.3, 0.4) is 0 Å². The number of fused-ring (bicyclic) bond motifs is 1. The van der Waals surface area contributed by atoms with E-state index in [2.05, 4.69) is 25.9 Å². The molecule has 3 rings (SSSR count). The fraction of sp³-hybridized carbons (Fsp3) is 0.0769. The van der Waals surface area contributed by atoms with Gasteiger partial charge in [0.2, 0.25) is 0 Å². The summed E-state index contributed by atoms with van der Waals surface area (Å²) in [5.41, 5.74) is 2.02. The number of H-pyrrole nitrogens is 1. The summed E-state index contributed by atoms with van der Waals surface area (Å²) in [7, 11) is 0. The minimum Gasteiger partial charge on any atom is -0.464 e. The fourth-order valence-electron chi connectivity index (χ4n) is 1.86. The summed E-state index contributed by atoms with van der Waals surface area (Å²) < 4.78 is 5.90. The maximum Gasteiger partial charge on any atom is 0.265 e. The predicted octanol–water partition coefficient (Wildman–Crippen LogP) is 3.25. The van der Waals surface area contributed by atoms with Gasteiger partial charge in [0.1, 0.15) is 22.1 Å². The molecule has 0 fully saturated rings. The van der Waals surface area contributed by atoms with E-state index in [1.165, 1.54) is 0 Å². The number of halogens is 1. The molecule has 2 aromatic heterocycles. The van der Waals surface area contributed by atoms with Crippen molar-refractivity contribution in [3.8, 4) is 11.4 Å². The molecule has 1 aromatic carbocycles. The molecule has 0 radical (unpaired) electrons. The van der Waals surface area contributed by atoms with Crippen LogP contribution in [0, 0.1) is 6.92 Å². The fourth-order valence-corrected chi connectivity index (χ4v) is 2.05. The van der Waals surface area contributed by atoms with E-state index in [1.807, 2.05) is 24.3 Å². The van der Waals surface area contributed by atoms with Crippen molar-refractivity contribution in [1.82, 2.24) is 9.97 Å². The molecule has 0 aliphatic carbocycles. The number of aryl methyl sites for hydroxylation is 1. The van der Waals surface area contributed by atoms with Gasteiger partial charge in [0, 0.05) is 5.39 Å². The number of nitrogens with zero attached hydrogens (tertiary/aromatic N) is 1.